The summed E-state index contributed by atoms with van der Waals surface area (Å²) in [5.74, 6) is -0.455. The maximum absolute atomic E-state index is 10.8. The van der Waals surface area contributed by atoms with Crippen molar-refractivity contribution in [3.8, 4) is 0 Å². The molecule has 1 aliphatic rings. The lowest BCUT2D eigenvalue weighted by Gasteiger charge is -2.01. The van der Waals surface area contributed by atoms with Crippen LogP contribution in [0.2, 0.25) is 0 Å². The van der Waals surface area contributed by atoms with Crippen molar-refractivity contribution in [3.05, 3.63) is 15.6 Å². The Morgan fingerprint density at radius 3 is 3.00 bits per heavy atom. The van der Waals surface area contributed by atoms with Crippen molar-refractivity contribution >= 4 is 17.3 Å². The van der Waals surface area contributed by atoms with Crippen molar-refractivity contribution in [2.24, 2.45) is 0 Å². The number of aromatic nitrogens is 1. The number of hydrogen-bond acceptors (Lipinski definition) is 4. The molecule has 2 N–H and O–H groups in total. The second-order valence-electron chi connectivity index (χ2n) is 3.46. The third-order valence-electron chi connectivity index (χ3n) is 2.42. The molecular weight excluding hydrogens is 200 g/mol. The van der Waals surface area contributed by atoms with Crippen LogP contribution in [0.1, 0.15) is 32.7 Å². The van der Waals surface area contributed by atoms with Crippen molar-refractivity contribution in [1.29, 1.82) is 0 Å². The molecule has 0 bridgehead atoms. The van der Waals surface area contributed by atoms with Crippen LogP contribution in [0.5, 0.6) is 0 Å². The van der Waals surface area contributed by atoms with Gasteiger partial charge in [-0.1, -0.05) is 0 Å². The van der Waals surface area contributed by atoms with Crippen molar-refractivity contribution in [2.45, 2.75) is 19.3 Å². The van der Waals surface area contributed by atoms with E-state index in [0.29, 0.717) is 16.5 Å². The van der Waals surface area contributed by atoms with Gasteiger partial charge in [0.05, 0.1) is 10.7 Å². The van der Waals surface area contributed by atoms with Gasteiger partial charge in [0.25, 0.3) is 0 Å². The van der Waals surface area contributed by atoms with E-state index in [2.05, 4.69) is 10.3 Å². The zero-order chi connectivity index (χ0) is 10.1. The zero-order valence-corrected chi connectivity index (χ0v) is 8.73. The van der Waals surface area contributed by atoms with Gasteiger partial charge in [-0.3, -0.25) is 0 Å². The lowest BCUT2D eigenvalue weighted by atomic mass is 10.1. The van der Waals surface area contributed by atoms with Crippen LogP contribution in [0.25, 0.3) is 0 Å². The van der Waals surface area contributed by atoms with Gasteiger partial charge in [0.2, 0.25) is 0 Å². The number of thiazole rings is 1. The largest absolute Gasteiger partial charge is 0.477 e. The Morgan fingerprint density at radius 2 is 2.50 bits per heavy atom. The quantitative estimate of drug-likeness (QED) is 0.774. The molecule has 1 saturated heterocycles. The summed E-state index contributed by atoms with van der Waals surface area (Å²) in [6.07, 6.45) is 1.06. The first-order valence-electron chi connectivity index (χ1n) is 4.60. The minimum atomic E-state index is -0.864. The Balaban J connectivity index is 2.27. The van der Waals surface area contributed by atoms with Gasteiger partial charge in [0.1, 0.15) is 4.88 Å². The van der Waals surface area contributed by atoms with Crippen LogP contribution in [0, 0.1) is 6.92 Å². The van der Waals surface area contributed by atoms with E-state index >= 15 is 0 Å². The number of aromatic carboxylic acids is 1. The smallest absolute Gasteiger partial charge is 0.347 e. The number of aryl methyl sites for hydroxylation is 1. The highest BCUT2D eigenvalue weighted by Gasteiger charge is 2.23. The topological polar surface area (TPSA) is 62.2 Å². The normalized spacial score (nSPS) is 21.4. The Hall–Kier alpha value is -0.940. The van der Waals surface area contributed by atoms with E-state index in [-0.39, 0.29) is 0 Å². The summed E-state index contributed by atoms with van der Waals surface area (Å²) in [6.45, 7) is 3.68. The summed E-state index contributed by atoms with van der Waals surface area (Å²) >= 11 is 1.31. The summed E-state index contributed by atoms with van der Waals surface area (Å²) in [5, 5.41) is 13.1. The van der Waals surface area contributed by atoms with Gasteiger partial charge in [-0.05, 0) is 19.9 Å². The number of carboxylic acids is 1. The number of carboxylic acid groups (broad SMARTS) is 1. The number of nitrogens with zero attached hydrogens (tertiary/aromatic N) is 1. The first kappa shape index (κ1) is 9.61. The molecule has 0 spiro atoms. The average Bonchev–Trinajstić information content (AvgIpc) is 2.70. The van der Waals surface area contributed by atoms with Crippen LogP contribution in [0.15, 0.2) is 0 Å². The molecule has 1 aliphatic heterocycles. The SMILES string of the molecule is Cc1nc([C@@H]2CCNC2)sc1C(=O)O. The van der Waals surface area contributed by atoms with Crippen molar-refractivity contribution in [3.63, 3.8) is 0 Å². The molecule has 1 fully saturated rings. The molecule has 5 heteroatoms. The lowest BCUT2D eigenvalue weighted by Crippen LogP contribution is -2.07. The number of hydrogen-bond donors (Lipinski definition) is 2. The molecule has 0 aliphatic carbocycles. The van der Waals surface area contributed by atoms with Gasteiger partial charge in [-0.2, -0.15) is 0 Å². The molecule has 0 unspecified atom stereocenters. The molecule has 0 aromatic carbocycles. The van der Waals surface area contributed by atoms with E-state index < -0.39 is 5.97 Å². The summed E-state index contributed by atoms with van der Waals surface area (Å²) < 4.78 is 0. The van der Waals surface area contributed by atoms with Crippen molar-refractivity contribution in [1.82, 2.24) is 10.3 Å². The van der Waals surface area contributed by atoms with Gasteiger partial charge in [-0.25, -0.2) is 9.78 Å². The average molecular weight is 212 g/mol. The minimum Gasteiger partial charge on any atom is -0.477 e. The fraction of sp³-hybridized carbons (Fsp3) is 0.556. The predicted molar refractivity (Wildman–Crippen MR) is 54.0 cm³/mol. The zero-order valence-electron chi connectivity index (χ0n) is 7.91. The van der Waals surface area contributed by atoms with Crippen LogP contribution in [0.3, 0.4) is 0 Å². The molecule has 0 amide bonds. The summed E-state index contributed by atoms with van der Waals surface area (Å²) in [5.41, 5.74) is 0.643. The number of carbonyl (C=O) groups is 1. The molecule has 4 nitrogen and oxygen atoms in total. The highest BCUT2D eigenvalue weighted by Crippen LogP contribution is 2.28. The number of rotatable bonds is 2. The van der Waals surface area contributed by atoms with Gasteiger partial charge in [0, 0.05) is 12.5 Å². The Labute approximate surface area is 86.0 Å². The van der Waals surface area contributed by atoms with Crippen molar-refractivity contribution in [2.75, 3.05) is 13.1 Å². The third-order valence-corrected chi connectivity index (χ3v) is 3.72. The highest BCUT2D eigenvalue weighted by atomic mass is 32.1. The number of nitrogens with one attached hydrogen (secondary N) is 1. The van der Waals surface area contributed by atoms with Crippen LogP contribution in [0.4, 0.5) is 0 Å². The van der Waals surface area contributed by atoms with Gasteiger partial charge in [0.15, 0.2) is 0 Å². The monoisotopic (exact) mass is 212 g/mol. The summed E-state index contributed by atoms with van der Waals surface area (Å²) in [7, 11) is 0. The van der Waals surface area contributed by atoms with E-state index in [0.717, 1.165) is 24.5 Å². The molecular formula is C9H12N2O2S. The second kappa shape index (κ2) is 3.67. The first-order chi connectivity index (χ1) is 6.68. The molecule has 2 rings (SSSR count). The molecule has 1 aromatic heterocycles. The second-order valence-corrected chi connectivity index (χ2v) is 4.49. The van der Waals surface area contributed by atoms with Crippen LogP contribution >= 0.6 is 11.3 Å². The van der Waals surface area contributed by atoms with E-state index in [1.54, 1.807) is 6.92 Å². The minimum absolute atomic E-state index is 0.381. The fourth-order valence-electron chi connectivity index (χ4n) is 1.66. The molecule has 0 radical (unpaired) electrons. The van der Waals surface area contributed by atoms with Crippen molar-refractivity contribution < 1.29 is 9.90 Å². The molecule has 76 valence electrons. The van der Waals surface area contributed by atoms with Gasteiger partial charge in [-0.15, -0.1) is 11.3 Å². The lowest BCUT2D eigenvalue weighted by molar-refractivity contribution is 0.0701. The predicted octanol–water partition coefficient (Wildman–Crippen LogP) is 1.23. The van der Waals surface area contributed by atoms with E-state index in [1.165, 1.54) is 11.3 Å². The van der Waals surface area contributed by atoms with E-state index in [9.17, 15) is 4.79 Å². The van der Waals surface area contributed by atoms with Gasteiger partial charge >= 0.3 is 5.97 Å². The van der Waals surface area contributed by atoms with Crippen LogP contribution in [-0.2, 0) is 0 Å². The van der Waals surface area contributed by atoms with E-state index in [1.807, 2.05) is 0 Å². The third kappa shape index (κ3) is 1.65. The maximum atomic E-state index is 10.8. The summed E-state index contributed by atoms with van der Waals surface area (Å²) in [4.78, 5) is 15.5. The molecule has 0 saturated carbocycles. The Morgan fingerprint density at radius 1 is 1.71 bits per heavy atom. The summed E-state index contributed by atoms with van der Waals surface area (Å²) in [6, 6.07) is 0. The molecule has 14 heavy (non-hydrogen) atoms. The fourth-order valence-corrected chi connectivity index (χ4v) is 2.70. The van der Waals surface area contributed by atoms with Crippen LogP contribution in [-0.4, -0.2) is 29.1 Å². The Kier molecular flexibility index (Phi) is 2.52. The van der Waals surface area contributed by atoms with Crippen LogP contribution < -0.4 is 5.32 Å². The first-order valence-corrected chi connectivity index (χ1v) is 5.41. The Bertz CT molecular complexity index is 356. The van der Waals surface area contributed by atoms with E-state index in [4.69, 9.17) is 5.11 Å². The highest BCUT2D eigenvalue weighted by molar-refractivity contribution is 7.13. The molecule has 1 aromatic rings. The molecule has 2 heterocycles. The standard InChI is InChI=1S/C9H12N2O2S/c1-5-7(9(12)13)14-8(11-5)6-2-3-10-4-6/h6,10H,2-4H2,1H3,(H,12,13)/t6-/m1/s1. The maximum Gasteiger partial charge on any atom is 0.347 e. The van der Waals surface area contributed by atoms with Gasteiger partial charge < -0.3 is 10.4 Å². The molecule has 1 atom stereocenters.